The van der Waals surface area contributed by atoms with Gasteiger partial charge in [0.1, 0.15) is 11.5 Å². The number of para-hydroxylation sites is 1. The molecular formula is C16H17NO3. The molecule has 2 aromatic carbocycles. The molecule has 4 nitrogen and oxygen atoms in total. The molecule has 0 aliphatic rings. The zero-order chi connectivity index (χ0) is 14.4. The van der Waals surface area contributed by atoms with E-state index in [2.05, 4.69) is 5.32 Å². The highest BCUT2D eigenvalue weighted by molar-refractivity contribution is 5.94. The van der Waals surface area contributed by atoms with E-state index in [1.165, 1.54) is 0 Å². The van der Waals surface area contributed by atoms with Crippen LogP contribution in [0.4, 0.5) is 0 Å². The van der Waals surface area contributed by atoms with Crippen LogP contribution < -0.4 is 10.1 Å². The first kappa shape index (κ1) is 14.1. The number of aliphatic hydroxyl groups is 1. The monoisotopic (exact) mass is 271 g/mol. The van der Waals surface area contributed by atoms with E-state index in [-0.39, 0.29) is 12.5 Å². The number of ether oxygens (including phenoxy) is 1. The summed E-state index contributed by atoms with van der Waals surface area (Å²) < 4.78 is 5.64. The third-order valence-corrected chi connectivity index (χ3v) is 2.65. The Morgan fingerprint density at radius 1 is 1.10 bits per heavy atom. The summed E-state index contributed by atoms with van der Waals surface area (Å²) in [5.74, 6) is 1.21. The smallest absolute Gasteiger partial charge is 0.251 e. The van der Waals surface area contributed by atoms with Crippen LogP contribution in [0.1, 0.15) is 17.3 Å². The summed E-state index contributed by atoms with van der Waals surface area (Å²) in [6, 6.07) is 16.3. The van der Waals surface area contributed by atoms with Gasteiger partial charge in [0.05, 0.1) is 6.10 Å². The van der Waals surface area contributed by atoms with Gasteiger partial charge in [-0.05, 0) is 43.3 Å². The van der Waals surface area contributed by atoms with Gasteiger partial charge in [-0.1, -0.05) is 18.2 Å². The average Bonchev–Trinajstić information content (AvgIpc) is 2.46. The molecule has 0 heterocycles. The summed E-state index contributed by atoms with van der Waals surface area (Å²) in [5.41, 5.74) is 0.533. The fourth-order valence-corrected chi connectivity index (χ4v) is 1.64. The van der Waals surface area contributed by atoms with Gasteiger partial charge in [0, 0.05) is 12.1 Å². The molecule has 2 N–H and O–H groups in total. The molecule has 104 valence electrons. The molecule has 0 unspecified atom stereocenters. The second-order valence-electron chi connectivity index (χ2n) is 4.50. The van der Waals surface area contributed by atoms with Crippen molar-refractivity contribution < 1.29 is 14.6 Å². The number of carbonyl (C=O) groups is 1. The molecule has 0 fully saturated rings. The Morgan fingerprint density at radius 2 is 1.70 bits per heavy atom. The van der Waals surface area contributed by atoms with E-state index in [1.807, 2.05) is 30.3 Å². The molecule has 0 bridgehead atoms. The quantitative estimate of drug-likeness (QED) is 0.878. The van der Waals surface area contributed by atoms with Crippen molar-refractivity contribution >= 4 is 5.91 Å². The number of rotatable bonds is 5. The Morgan fingerprint density at radius 3 is 2.30 bits per heavy atom. The number of benzene rings is 2. The first-order chi connectivity index (χ1) is 9.65. The van der Waals surface area contributed by atoms with Gasteiger partial charge in [-0.3, -0.25) is 4.79 Å². The van der Waals surface area contributed by atoms with Crippen molar-refractivity contribution in [1.29, 1.82) is 0 Å². The van der Waals surface area contributed by atoms with E-state index in [4.69, 9.17) is 9.84 Å². The molecule has 0 saturated heterocycles. The molecule has 1 atom stereocenters. The third-order valence-electron chi connectivity index (χ3n) is 2.65. The summed E-state index contributed by atoms with van der Waals surface area (Å²) in [5, 5.41) is 11.8. The molecule has 0 saturated carbocycles. The molecule has 0 spiro atoms. The number of amides is 1. The highest BCUT2D eigenvalue weighted by Gasteiger charge is 2.06. The number of carbonyl (C=O) groups excluding carboxylic acids is 1. The Hall–Kier alpha value is -2.33. The molecule has 0 aromatic heterocycles. The molecule has 4 heteroatoms. The van der Waals surface area contributed by atoms with Crippen LogP contribution in [0.3, 0.4) is 0 Å². The molecule has 2 aromatic rings. The van der Waals surface area contributed by atoms with Crippen LogP contribution in [0.5, 0.6) is 11.5 Å². The molecule has 0 radical (unpaired) electrons. The summed E-state index contributed by atoms with van der Waals surface area (Å²) in [4.78, 5) is 11.8. The van der Waals surface area contributed by atoms with Crippen molar-refractivity contribution in [2.75, 3.05) is 6.54 Å². The largest absolute Gasteiger partial charge is 0.457 e. The Labute approximate surface area is 118 Å². The van der Waals surface area contributed by atoms with E-state index >= 15 is 0 Å². The Balaban J connectivity index is 1.97. The van der Waals surface area contributed by atoms with Crippen LogP contribution in [-0.2, 0) is 0 Å². The van der Waals surface area contributed by atoms with Crippen LogP contribution in [0.25, 0.3) is 0 Å². The molecule has 1 amide bonds. The van der Waals surface area contributed by atoms with E-state index in [9.17, 15) is 4.79 Å². The Kier molecular flexibility index (Phi) is 4.74. The van der Waals surface area contributed by atoms with E-state index in [1.54, 1.807) is 31.2 Å². The molecule has 20 heavy (non-hydrogen) atoms. The number of hydrogen-bond donors (Lipinski definition) is 2. The summed E-state index contributed by atoms with van der Waals surface area (Å²) in [7, 11) is 0. The lowest BCUT2D eigenvalue weighted by molar-refractivity contribution is 0.0924. The Bertz CT molecular complexity index is 550. The first-order valence-corrected chi connectivity index (χ1v) is 6.44. The number of nitrogens with one attached hydrogen (secondary N) is 1. The van der Waals surface area contributed by atoms with Crippen molar-refractivity contribution in [2.24, 2.45) is 0 Å². The van der Waals surface area contributed by atoms with Gasteiger partial charge in [0.15, 0.2) is 0 Å². The highest BCUT2D eigenvalue weighted by atomic mass is 16.5. The second kappa shape index (κ2) is 6.73. The number of aliphatic hydroxyl groups excluding tert-OH is 1. The fourth-order valence-electron chi connectivity index (χ4n) is 1.64. The van der Waals surface area contributed by atoms with Crippen LogP contribution in [0, 0.1) is 0 Å². The summed E-state index contributed by atoms with van der Waals surface area (Å²) in [6.07, 6.45) is -0.556. The van der Waals surface area contributed by atoms with Gasteiger partial charge >= 0.3 is 0 Å². The minimum atomic E-state index is -0.556. The third kappa shape index (κ3) is 4.10. The lowest BCUT2D eigenvalue weighted by Gasteiger charge is -2.08. The molecule has 2 rings (SSSR count). The second-order valence-corrected chi connectivity index (χ2v) is 4.50. The summed E-state index contributed by atoms with van der Waals surface area (Å²) in [6.45, 7) is 1.86. The predicted molar refractivity (Wildman–Crippen MR) is 77.0 cm³/mol. The van der Waals surface area contributed by atoms with Crippen molar-refractivity contribution in [1.82, 2.24) is 5.32 Å². The average molecular weight is 271 g/mol. The normalized spacial score (nSPS) is 11.7. The van der Waals surface area contributed by atoms with Gasteiger partial charge in [0.2, 0.25) is 0 Å². The van der Waals surface area contributed by atoms with E-state index < -0.39 is 6.10 Å². The van der Waals surface area contributed by atoms with Gasteiger partial charge in [-0.2, -0.15) is 0 Å². The number of hydrogen-bond acceptors (Lipinski definition) is 3. The molecule has 0 aliphatic carbocycles. The maximum atomic E-state index is 11.8. The van der Waals surface area contributed by atoms with Gasteiger partial charge in [-0.25, -0.2) is 0 Å². The maximum Gasteiger partial charge on any atom is 0.251 e. The van der Waals surface area contributed by atoms with Crippen molar-refractivity contribution in [3.63, 3.8) is 0 Å². The fraction of sp³-hybridized carbons (Fsp3) is 0.188. The maximum absolute atomic E-state index is 11.8. The summed E-state index contributed by atoms with van der Waals surface area (Å²) >= 11 is 0. The molecular weight excluding hydrogens is 254 g/mol. The van der Waals surface area contributed by atoms with E-state index in [0.29, 0.717) is 11.3 Å². The minimum absolute atomic E-state index is 0.211. The van der Waals surface area contributed by atoms with Gasteiger partial charge in [0.25, 0.3) is 5.91 Å². The van der Waals surface area contributed by atoms with Crippen molar-refractivity contribution in [2.45, 2.75) is 13.0 Å². The van der Waals surface area contributed by atoms with Crippen molar-refractivity contribution in [3.8, 4) is 11.5 Å². The standard InChI is InChI=1S/C16H17NO3/c1-12(18)11-17-16(19)13-7-9-15(10-8-13)20-14-5-3-2-4-6-14/h2-10,12,18H,11H2,1H3,(H,17,19)/t12-/m1/s1. The lowest BCUT2D eigenvalue weighted by atomic mass is 10.2. The van der Waals surface area contributed by atoms with Gasteiger partial charge in [-0.15, -0.1) is 0 Å². The predicted octanol–water partition coefficient (Wildman–Crippen LogP) is 2.59. The van der Waals surface area contributed by atoms with Crippen LogP contribution in [0.15, 0.2) is 54.6 Å². The lowest BCUT2D eigenvalue weighted by Crippen LogP contribution is -2.30. The molecule has 0 aliphatic heterocycles. The van der Waals surface area contributed by atoms with Crippen LogP contribution in [-0.4, -0.2) is 23.7 Å². The topological polar surface area (TPSA) is 58.6 Å². The first-order valence-electron chi connectivity index (χ1n) is 6.44. The zero-order valence-corrected chi connectivity index (χ0v) is 11.2. The van der Waals surface area contributed by atoms with Crippen LogP contribution in [0.2, 0.25) is 0 Å². The highest BCUT2D eigenvalue weighted by Crippen LogP contribution is 2.20. The van der Waals surface area contributed by atoms with Crippen LogP contribution >= 0.6 is 0 Å². The SMILES string of the molecule is C[C@@H](O)CNC(=O)c1ccc(Oc2ccccc2)cc1. The van der Waals surface area contributed by atoms with Gasteiger partial charge < -0.3 is 15.2 Å². The van der Waals surface area contributed by atoms with Crippen molar-refractivity contribution in [3.05, 3.63) is 60.2 Å². The van der Waals surface area contributed by atoms with E-state index in [0.717, 1.165) is 5.75 Å². The zero-order valence-electron chi connectivity index (χ0n) is 11.2. The minimum Gasteiger partial charge on any atom is -0.457 e.